The summed E-state index contributed by atoms with van der Waals surface area (Å²) in [5.74, 6) is -0.404. The van der Waals surface area contributed by atoms with Gasteiger partial charge in [-0.25, -0.2) is 0 Å². The number of carbonyl (C=O) groups is 1. The zero-order valence-electron chi connectivity index (χ0n) is 6.14. The molecule has 1 aromatic rings. The van der Waals surface area contributed by atoms with E-state index in [1.54, 1.807) is 12.1 Å². The summed E-state index contributed by atoms with van der Waals surface area (Å²) in [6.07, 6.45) is 0. The van der Waals surface area contributed by atoms with Crippen LogP contribution < -0.4 is 10.1 Å². The topological polar surface area (TPSA) is 43.1 Å². The van der Waals surface area contributed by atoms with Gasteiger partial charge >= 0.3 is 84.7 Å². The molecule has 0 aliphatic heterocycles. The van der Waals surface area contributed by atoms with Crippen molar-refractivity contribution < 1.29 is 4.79 Å². The molecule has 0 heterocycles. The molecule has 0 fully saturated rings. The standard InChI is InChI=1S/C7H8AsNOS2/c9-7(10)5-1-3-6(4-2-5)8(11)12/h1-4,11-12H,(H2,9,10). The van der Waals surface area contributed by atoms with Crippen LogP contribution >= 0.6 is 21.8 Å². The van der Waals surface area contributed by atoms with Crippen LogP contribution in [0.3, 0.4) is 0 Å². The summed E-state index contributed by atoms with van der Waals surface area (Å²) >= 11 is -1.41. The molecule has 1 aromatic carbocycles. The van der Waals surface area contributed by atoms with E-state index < -0.39 is 18.2 Å². The van der Waals surface area contributed by atoms with Crippen molar-refractivity contribution in [3.63, 3.8) is 0 Å². The monoisotopic (exact) mass is 261 g/mol. The Morgan fingerprint density at radius 1 is 1.25 bits per heavy atom. The summed E-state index contributed by atoms with van der Waals surface area (Å²) in [5, 5.41) is 0. The molecule has 2 nitrogen and oxygen atoms in total. The van der Waals surface area contributed by atoms with E-state index in [1.807, 2.05) is 12.1 Å². The van der Waals surface area contributed by atoms with Crippen molar-refractivity contribution in [1.29, 1.82) is 0 Å². The van der Waals surface area contributed by atoms with E-state index in [1.165, 1.54) is 0 Å². The molecule has 12 heavy (non-hydrogen) atoms. The number of thiol groups is 2. The molecular weight excluding hydrogens is 253 g/mol. The summed E-state index contributed by atoms with van der Waals surface area (Å²) in [6, 6.07) is 7.10. The van der Waals surface area contributed by atoms with Crippen LogP contribution in [-0.2, 0) is 0 Å². The van der Waals surface area contributed by atoms with Crippen molar-refractivity contribution in [3.05, 3.63) is 29.8 Å². The maximum absolute atomic E-state index is 10.7. The summed E-state index contributed by atoms with van der Waals surface area (Å²) in [6.45, 7) is 0. The van der Waals surface area contributed by atoms with E-state index in [0.717, 1.165) is 4.35 Å². The Balaban J connectivity index is 2.93. The normalized spacial score (nSPS) is 10.2. The fourth-order valence-electron chi connectivity index (χ4n) is 0.759. The fraction of sp³-hybridized carbons (Fsp3) is 0. The zero-order valence-corrected chi connectivity index (χ0v) is 9.80. The molecule has 0 atom stereocenters. The second-order valence-electron chi connectivity index (χ2n) is 2.20. The Morgan fingerprint density at radius 3 is 2.08 bits per heavy atom. The molecule has 0 aromatic heterocycles. The molecule has 1 rings (SSSR count). The predicted molar refractivity (Wildman–Crippen MR) is 58.3 cm³/mol. The number of nitrogens with two attached hydrogens (primary N) is 1. The van der Waals surface area contributed by atoms with Gasteiger partial charge in [0.05, 0.1) is 0 Å². The summed E-state index contributed by atoms with van der Waals surface area (Å²) in [7, 11) is 8.53. The Kier molecular flexibility index (Phi) is 3.56. The van der Waals surface area contributed by atoms with E-state index >= 15 is 0 Å². The van der Waals surface area contributed by atoms with Crippen molar-refractivity contribution in [2.45, 2.75) is 0 Å². The second kappa shape index (κ2) is 4.26. The first-order valence-corrected chi connectivity index (χ1v) is 9.96. The fourth-order valence-corrected chi connectivity index (χ4v) is 3.02. The Labute approximate surface area is 84.6 Å². The van der Waals surface area contributed by atoms with Gasteiger partial charge in [0.15, 0.2) is 0 Å². The van der Waals surface area contributed by atoms with Gasteiger partial charge in [-0.15, -0.1) is 0 Å². The van der Waals surface area contributed by atoms with Gasteiger partial charge in [0, 0.05) is 0 Å². The average Bonchev–Trinajstić information content (AvgIpc) is 2.04. The quantitative estimate of drug-likeness (QED) is 0.521. The van der Waals surface area contributed by atoms with Gasteiger partial charge in [-0.3, -0.25) is 0 Å². The molecule has 5 heteroatoms. The SMILES string of the molecule is NC(=O)c1ccc([As](S)S)cc1. The van der Waals surface area contributed by atoms with Gasteiger partial charge in [-0.05, 0) is 0 Å². The van der Waals surface area contributed by atoms with Gasteiger partial charge in [0.25, 0.3) is 0 Å². The van der Waals surface area contributed by atoms with Crippen LogP contribution in [0.4, 0.5) is 0 Å². The molecule has 2 N–H and O–H groups in total. The molecule has 0 aliphatic carbocycles. The van der Waals surface area contributed by atoms with Crippen molar-refractivity contribution in [2.24, 2.45) is 5.73 Å². The zero-order chi connectivity index (χ0) is 9.14. The number of benzene rings is 1. The van der Waals surface area contributed by atoms with Crippen LogP contribution in [0.15, 0.2) is 24.3 Å². The van der Waals surface area contributed by atoms with Gasteiger partial charge in [-0.1, -0.05) is 0 Å². The number of primary amides is 1. The van der Waals surface area contributed by atoms with E-state index in [-0.39, 0.29) is 0 Å². The van der Waals surface area contributed by atoms with Crippen LogP contribution in [-0.4, -0.2) is 18.2 Å². The summed E-state index contributed by atoms with van der Waals surface area (Å²) in [5.41, 5.74) is 5.60. The van der Waals surface area contributed by atoms with E-state index in [9.17, 15) is 4.79 Å². The Morgan fingerprint density at radius 2 is 1.75 bits per heavy atom. The third-order valence-electron chi connectivity index (χ3n) is 1.38. The van der Waals surface area contributed by atoms with Crippen LogP contribution in [0, 0.1) is 0 Å². The number of hydrogen-bond acceptors (Lipinski definition) is 3. The number of amides is 1. The number of hydrogen-bond donors (Lipinski definition) is 3. The van der Waals surface area contributed by atoms with Gasteiger partial charge < -0.3 is 0 Å². The van der Waals surface area contributed by atoms with Crippen LogP contribution in [0.5, 0.6) is 0 Å². The van der Waals surface area contributed by atoms with Crippen LogP contribution in [0.25, 0.3) is 0 Å². The van der Waals surface area contributed by atoms with Crippen molar-refractivity contribution >= 4 is 44.4 Å². The molecule has 0 aliphatic rings. The molecule has 1 amide bonds. The predicted octanol–water partition coefficient (Wildman–Crippen LogP) is 0.340. The van der Waals surface area contributed by atoms with Crippen LogP contribution in [0.2, 0.25) is 0 Å². The first-order valence-electron chi connectivity index (χ1n) is 3.19. The molecule has 0 bridgehead atoms. The number of rotatable bonds is 2. The molecule has 0 radical (unpaired) electrons. The third-order valence-corrected chi connectivity index (χ3v) is 5.38. The molecular formula is C7H8AsNOS2. The van der Waals surface area contributed by atoms with E-state index in [4.69, 9.17) is 5.73 Å². The van der Waals surface area contributed by atoms with Gasteiger partial charge in [0.1, 0.15) is 0 Å². The number of carbonyl (C=O) groups excluding carboxylic acids is 1. The summed E-state index contributed by atoms with van der Waals surface area (Å²) in [4.78, 5) is 10.7. The Hall–Kier alpha value is -0.0516. The van der Waals surface area contributed by atoms with Gasteiger partial charge in [0.2, 0.25) is 0 Å². The van der Waals surface area contributed by atoms with Crippen LogP contribution in [0.1, 0.15) is 10.4 Å². The minimum atomic E-state index is -1.41. The molecule has 64 valence electrons. The summed E-state index contributed by atoms with van der Waals surface area (Å²) < 4.78 is 1.10. The Bertz CT molecular complexity index is 286. The average molecular weight is 261 g/mol. The maximum atomic E-state index is 10.7. The minimum absolute atomic E-state index is 0.404. The second-order valence-corrected chi connectivity index (χ2v) is 10.3. The molecule has 0 saturated carbocycles. The van der Waals surface area contributed by atoms with E-state index in [0.29, 0.717) is 5.56 Å². The van der Waals surface area contributed by atoms with Crippen molar-refractivity contribution in [3.8, 4) is 0 Å². The first-order chi connectivity index (χ1) is 5.61. The van der Waals surface area contributed by atoms with E-state index in [2.05, 4.69) is 21.8 Å². The molecule has 0 unspecified atom stereocenters. The van der Waals surface area contributed by atoms with Crippen molar-refractivity contribution in [1.82, 2.24) is 0 Å². The first kappa shape index (κ1) is 10.0. The van der Waals surface area contributed by atoms with Crippen molar-refractivity contribution in [2.75, 3.05) is 0 Å². The third kappa shape index (κ3) is 2.47. The molecule has 0 saturated heterocycles. The van der Waals surface area contributed by atoms with Gasteiger partial charge in [-0.2, -0.15) is 0 Å². The molecule has 0 spiro atoms.